The largest absolute Gasteiger partial charge is 0.482 e. The lowest BCUT2D eigenvalue weighted by Gasteiger charge is -2.22. The third-order valence-electron chi connectivity index (χ3n) is 4.79. The number of nitrogens with one attached hydrogen (secondary N) is 2. The molecule has 0 bridgehead atoms. The van der Waals surface area contributed by atoms with Crippen molar-refractivity contribution in [2.45, 2.75) is 24.6 Å². The predicted molar refractivity (Wildman–Crippen MR) is 95.4 cm³/mol. The minimum Gasteiger partial charge on any atom is -0.482 e. The van der Waals surface area contributed by atoms with Crippen LogP contribution < -0.4 is 15.4 Å². The molecule has 0 saturated heterocycles. The Morgan fingerprint density at radius 2 is 1.96 bits per heavy atom. The fourth-order valence-corrected chi connectivity index (χ4v) is 3.41. The minimum absolute atomic E-state index is 0.0990. The van der Waals surface area contributed by atoms with Gasteiger partial charge in [-0.2, -0.15) is 13.2 Å². The lowest BCUT2D eigenvalue weighted by Crippen LogP contribution is -2.35. The average Bonchev–Trinajstić information content (AvgIpc) is 3.41. The molecule has 9 heteroatoms. The number of hydrogen-bond donors (Lipinski definition) is 2. The van der Waals surface area contributed by atoms with Crippen LogP contribution >= 0.6 is 11.6 Å². The molecule has 0 atom stereocenters. The van der Waals surface area contributed by atoms with Crippen LogP contribution in [0.1, 0.15) is 34.3 Å². The highest BCUT2D eigenvalue weighted by Crippen LogP contribution is 2.47. The van der Waals surface area contributed by atoms with Gasteiger partial charge in [-0.25, -0.2) is 0 Å². The quantitative estimate of drug-likeness (QED) is 0.800. The zero-order valence-electron chi connectivity index (χ0n) is 14.3. The van der Waals surface area contributed by atoms with Crippen molar-refractivity contribution in [1.82, 2.24) is 5.32 Å². The van der Waals surface area contributed by atoms with Gasteiger partial charge in [0.1, 0.15) is 5.75 Å². The third kappa shape index (κ3) is 3.40. The normalized spacial score (nSPS) is 17.2. The molecular formula is C19H14ClF3N2O3. The summed E-state index contributed by atoms with van der Waals surface area (Å²) >= 11 is 6.17. The second-order valence-electron chi connectivity index (χ2n) is 6.78. The van der Waals surface area contributed by atoms with E-state index in [1.807, 2.05) is 0 Å². The van der Waals surface area contributed by atoms with E-state index in [2.05, 4.69) is 10.6 Å². The molecule has 0 spiro atoms. The lowest BCUT2D eigenvalue weighted by molar-refractivity contribution is -0.137. The molecule has 2 aliphatic rings. The van der Waals surface area contributed by atoms with Crippen molar-refractivity contribution in [2.75, 3.05) is 11.9 Å². The second kappa shape index (κ2) is 6.41. The molecule has 4 rings (SSSR count). The summed E-state index contributed by atoms with van der Waals surface area (Å²) in [4.78, 5) is 24.1. The van der Waals surface area contributed by atoms with E-state index in [4.69, 9.17) is 16.3 Å². The van der Waals surface area contributed by atoms with Gasteiger partial charge in [-0.15, -0.1) is 0 Å². The SMILES string of the molecule is O=C1COc2cc(C(=O)NC3(c4cccc(C(F)(F)F)c4)CC3)c(Cl)cc2N1. The van der Waals surface area contributed by atoms with Crippen molar-refractivity contribution in [3.8, 4) is 5.75 Å². The maximum Gasteiger partial charge on any atom is 0.416 e. The minimum atomic E-state index is -4.46. The molecule has 1 fully saturated rings. The van der Waals surface area contributed by atoms with E-state index in [-0.39, 0.29) is 23.1 Å². The van der Waals surface area contributed by atoms with Crippen molar-refractivity contribution >= 4 is 29.1 Å². The van der Waals surface area contributed by atoms with Crippen LogP contribution in [0.5, 0.6) is 5.75 Å². The van der Waals surface area contributed by atoms with Crippen LogP contribution in [0.15, 0.2) is 36.4 Å². The van der Waals surface area contributed by atoms with Crippen LogP contribution in [0.2, 0.25) is 5.02 Å². The van der Waals surface area contributed by atoms with E-state index in [0.29, 0.717) is 29.8 Å². The van der Waals surface area contributed by atoms with Crippen LogP contribution in [-0.4, -0.2) is 18.4 Å². The summed E-state index contributed by atoms with van der Waals surface area (Å²) in [5.41, 5.74) is -0.742. The van der Waals surface area contributed by atoms with Gasteiger partial charge in [-0.05, 0) is 42.7 Å². The van der Waals surface area contributed by atoms with Crippen molar-refractivity contribution in [3.05, 3.63) is 58.1 Å². The Morgan fingerprint density at radius 3 is 2.64 bits per heavy atom. The fourth-order valence-electron chi connectivity index (χ4n) is 3.16. The molecule has 5 nitrogen and oxygen atoms in total. The number of carbonyl (C=O) groups excluding carboxylic acids is 2. The van der Waals surface area contributed by atoms with E-state index < -0.39 is 23.2 Å². The highest BCUT2D eigenvalue weighted by molar-refractivity contribution is 6.34. The number of hydrogen-bond acceptors (Lipinski definition) is 3. The molecule has 0 aromatic heterocycles. The zero-order valence-corrected chi connectivity index (χ0v) is 15.1. The number of fused-ring (bicyclic) bond motifs is 1. The lowest BCUT2D eigenvalue weighted by atomic mass is 10.0. The topological polar surface area (TPSA) is 67.4 Å². The fraction of sp³-hybridized carbons (Fsp3) is 0.263. The zero-order chi connectivity index (χ0) is 20.1. The summed E-state index contributed by atoms with van der Waals surface area (Å²) in [6.07, 6.45) is -3.41. The molecule has 0 radical (unpaired) electrons. The Kier molecular flexibility index (Phi) is 4.26. The predicted octanol–water partition coefficient (Wildman–Crippen LogP) is 4.11. The summed E-state index contributed by atoms with van der Waals surface area (Å²) in [6, 6.07) is 7.76. The smallest absolute Gasteiger partial charge is 0.416 e. The Bertz CT molecular complexity index is 987. The number of alkyl halides is 3. The van der Waals surface area contributed by atoms with Gasteiger partial charge in [0, 0.05) is 0 Å². The number of ether oxygens (including phenoxy) is 1. The molecule has 1 saturated carbocycles. The van der Waals surface area contributed by atoms with Gasteiger partial charge in [0.05, 0.1) is 27.4 Å². The van der Waals surface area contributed by atoms with E-state index >= 15 is 0 Å². The standard InChI is InChI=1S/C19H14ClF3N2O3/c20-13-8-14-15(28-9-16(26)24-14)7-12(13)17(27)25-18(4-5-18)10-2-1-3-11(6-10)19(21,22)23/h1-3,6-8H,4-5,9H2,(H,24,26)(H,25,27). The van der Waals surface area contributed by atoms with Crippen LogP contribution in [0.4, 0.5) is 18.9 Å². The summed E-state index contributed by atoms with van der Waals surface area (Å²) < 4.78 is 44.3. The molecule has 146 valence electrons. The molecule has 2 amide bonds. The number of rotatable bonds is 3. The Balaban J connectivity index is 1.60. The average molecular weight is 411 g/mol. The van der Waals surface area contributed by atoms with Crippen LogP contribution in [0, 0.1) is 0 Å². The van der Waals surface area contributed by atoms with Crippen molar-refractivity contribution in [1.29, 1.82) is 0 Å². The Hall–Kier alpha value is -2.74. The maximum atomic E-state index is 13.0. The van der Waals surface area contributed by atoms with Gasteiger partial charge < -0.3 is 15.4 Å². The molecule has 0 unspecified atom stereocenters. The van der Waals surface area contributed by atoms with Crippen LogP contribution in [0.25, 0.3) is 0 Å². The van der Waals surface area contributed by atoms with E-state index in [1.165, 1.54) is 18.2 Å². The van der Waals surface area contributed by atoms with E-state index in [9.17, 15) is 22.8 Å². The molecule has 1 aliphatic heterocycles. The van der Waals surface area contributed by atoms with Crippen molar-refractivity contribution < 1.29 is 27.5 Å². The van der Waals surface area contributed by atoms with Crippen LogP contribution in [0.3, 0.4) is 0 Å². The first-order valence-corrected chi connectivity index (χ1v) is 8.82. The van der Waals surface area contributed by atoms with Gasteiger partial charge in [0.15, 0.2) is 6.61 Å². The Morgan fingerprint density at radius 1 is 1.21 bits per heavy atom. The van der Waals surface area contributed by atoms with Crippen molar-refractivity contribution in [2.24, 2.45) is 0 Å². The maximum absolute atomic E-state index is 13.0. The summed E-state index contributed by atoms with van der Waals surface area (Å²) in [5.74, 6) is -0.552. The third-order valence-corrected chi connectivity index (χ3v) is 5.10. The highest BCUT2D eigenvalue weighted by atomic mass is 35.5. The molecular weight excluding hydrogens is 397 g/mol. The van der Waals surface area contributed by atoms with Gasteiger partial charge in [-0.3, -0.25) is 9.59 Å². The van der Waals surface area contributed by atoms with E-state index in [0.717, 1.165) is 12.1 Å². The van der Waals surface area contributed by atoms with E-state index in [1.54, 1.807) is 6.07 Å². The number of benzene rings is 2. The molecule has 2 aromatic rings. The van der Waals surface area contributed by atoms with Gasteiger partial charge in [0.25, 0.3) is 11.8 Å². The molecule has 2 aromatic carbocycles. The van der Waals surface area contributed by atoms with Crippen LogP contribution in [-0.2, 0) is 16.5 Å². The number of carbonyl (C=O) groups is 2. The van der Waals surface area contributed by atoms with Crippen molar-refractivity contribution in [3.63, 3.8) is 0 Å². The summed E-state index contributed by atoms with van der Waals surface area (Å²) in [6.45, 7) is -0.177. The number of amides is 2. The summed E-state index contributed by atoms with van der Waals surface area (Å²) in [7, 11) is 0. The number of halogens is 4. The molecule has 2 N–H and O–H groups in total. The Labute approximate surface area is 162 Å². The van der Waals surface area contributed by atoms with Gasteiger partial charge >= 0.3 is 6.18 Å². The first-order valence-electron chi connectivity index (χ1n) is 8.44. The second-order valence-corrected chi connectivity index (χ2v) is 7.19. The highest BCUT2D eigenvalue weighted by Gasteiger charge is 2.47. The summed E-state index contributed by atoms with van der Waals surface area (Å²) in [5, 5.41) is 5.49. The monoisotopic (exact) mass is 410 g/mol. The van der Waals surface area contributed by atoms with Gasteiger partial charge in [0.2, 0.25) is 0 Å². The first-order chi connectivity index (χ1) is 13.2. The molecule has 1 heterocycles. The molecule has 28 heavy (non-hydrogen) atoms. The molecule has 1 aliphatic carbocycles. The number of anilines is 1. The van der Waals surface area contributed by atoms with Gasteiger partial charge in [-0.1, -0.05) is 23.7 Å². The first kappa shape index (κ1) is 18.6.